The zero-order chi connectivity index (χ0) is 28.7. The first-order valence-electron chi connectivity index (χ1n) is 14.8. The summed E-state index contributed by atoms with van der Waals surface area (Å²) in [6, 6.07) is 0. The number of fused-ring (bicyclic) bond motifs is 1. The van der Waals surface area contributed by atoms with Gasteiger partial charge in [0.15, 0.2) is 11.5 Å². The molecule has 0 radical (unpaired) electrons. The van der Waals surface area contributed by atoms with Crippen LogP contribution in [0.1, 0.15) is 90.4 Å². The van der Waals surface area contributed by atoms with Gasteiger partial charge in [0.05, 0.1) is 19.0 Å². The molecule has 0 amide bonds. The first kappa shape index (κ1) is 33.5. The highest BCUT2D eigenvalue weighted by atomic mass is 31.2. The zero-order valence-electron chi connectivity index (χ0n) is 24.8. The Balaban J connectivity index is 1.64. The molecule has 0 aliphatic carbocycles. The summed E-state index contributed by atoms with van der Waals surface area (Å²) in [4.78, 5) is 23.0. The summed E-state index contributed by atoms with van der Waals surface area (Å²) < 4.78 is 20.5. The largest absolute Gasteiger partial charge is 0.382 e. The van der Waals surface area contributed by atoms with Gasteiger partial charge in [-0.3, -0.25) is 4.57 Å². The van der Waals surface area contributed by atoms with E-state index in [2.05, 4.69) is 40.5 Å². The number of anilines is 1. The van der Waals surface area contributed by atoms with Gasteiger partial charge in [-0.15, -0.1) is 12.3 Å². The maximum Gasteiger partial charge on any atom is 0.225 e. The minimum Gasteiger partial charge on any atom is -0.382 e. The van der Waals surface area contributed by atoms with Crippen molar-refractivity contribution in [3.05, 3.63) is 12.7 Å². The average Bonchev–Trinajstić information content (AvgIpc) is 3.28. The van der Waals surface area contributed by atoms with Gasteiger partial charge in [0.1, 0.15) is 18.2 Å². The van der Waals surface area contributed by atoms with Crippen molar-refractivity contribution in [2.45, 2.75) is 128 Å². The van der Waals surface area contributed by atoms with Gasteiger partial charge in [0.2, 0.25) is 7.37 Å². The molecule has 2 aromatic rings. The molecule has 2 aromatic heterocycles. The molecule has 3 unspecified atom stereocenters. The number of imidazole rings is 1. The number of rotatable bonds is 21. The summed E-state index contributed by atoms with van der Waals surface area (Å²) in [5, 5.41) is 0. The van der Waals surface area contributed by atoms with Crippen molar-refractivity contribution in [2.24, 2.45) is 0 Å². The minimum absolute atomic E-state index is 0.126. The van der Waals surface area contributed by atoms with Crippen LogP contribution in [-0.2, 0) is 15.8 Å². The van der Waals surface area contributed by atoms with Crippen LogP contribution in [0.2, 0.25) is 25.2 Å². The van der Waals surface area contributed by atoms with Crippen LogP contribution in [0.25, 0.3) is 11.2 Å². The van der Waals surface area contributed by atoms with Crippen LogP contribution >= 0.6 is 7.37 Å². The molecular weight excluding hydrogens is 525 g/mol. The van der Waals surface area contributed by atoms with Crippen molar-refractivity contribution in [3.63, 3.8) is 0 Å². The summed E-state index contributed by atoms with van der Waals surface area (Å²) in [6.07, 6.45) is 23.9. The number of hydrogen-bond donors (Lipinski definition) is 2. The van der Waals surface area contributed by atoms with Gasteiger partial charge in [-0.2, -0.15) is 0 Å². The predicted molar refractivity (Wildman–Crippen MR) is 166 cm³/mol. The third kappa shape index (κ3) is 13.0. The number of nitrogens with zero attached hydrogens (tertiary/aromatic N) is 4. The second-order valence-corrected chi connectivity index (χ2v) is 20.1. The van der Waals surface area contributed by atoms with E-state index < -0.39 is 15.4 Å². The van der Waals surface area contributed by atoms with Crippen molar-refractivity contribution < 1.29 is 14.2 Å². The summed E-state index contributed by atoms with van der Waals surface area (Å²) in [5.41, 5.74) is 7.73. The summed E-state index contributed by atoms with van der Waals surface area (Å²) >= 11 is 0. The Kier molecular flexibility index (Phi) is 14.7. The second kappa shape index (κ2) is 17.2. The molecule has 0 fully saturated rings. The van der Waals surface area contributed by atoms with Crippen LogP contribution in [0, 0.1) is 12.3 Å². The fraction of sp³-hybridized carbons (Fsp3) is 0.759. The van der Waals surface area contributed by atoms with Gasteiger partial charge in [0, 0.05) is 20.7 Å². The molecule has 0 saturated heterocycles. The lowest BCUT2D eigenvalue weighted by Gasteiger charge is -2.29. The smallest absolute Gasteiger partial charge is 0.225 e. The van der Waals surface area contributed by atoms with Gasteiger partial charge in [0.25, 0.3) is 0 Å². The Morgan fingerprint density at radius 1 is 1.03 bits per heavy atom. The van der Waals surface area contributed by atoms with Crippen molar-refractivity contribution in [1.82, 2.24) is 19.5 Å². The Morgan fingerprint density at radius 3 is 2.28 bits per heavy atom. The van der Waals surface area contributed by atoms with Crippen LogP contribution in [0.15, 0.2) is 12.7 Å². The predicted octanol–water partition coefficient (Wildman–Crippen LogP) is 7.45. The number of nitrogens with two attached hydrogens (primary N) is 1. The lowest BCUT2D eigenvalue weighted by atomic mass is 10.0. The van der Waals surface area contributed by atoms with Crippen molar-refractivity contribution in [3.8, 4) is 12.3 Å². The minimum atomic E-state index is -3.34. The molecule has 8 nitrogen and oxygen atoms in total. The first-order valence-corrected chi connectivity index (χ1v) is 20.4. The van der Waals surface area contributed by atoms with E-state index in [1.54, 1.807) is 6.33 Å². The fourth-order valence-electron chi connectivity index (χ4n) is 5.12. The van der Waals surface area contributed by atoms with E-state index in [4.69, 9.17) is 16.9 Å². The molecule has 3 N–H and O–H groups in total. The van der Waals surface area contributed by atoms with Crippen LogP contribution in [0.5, 0.6) is 0 Å². The maximum atomic E-state index is 12.8. The number of unbranched alkanes of at least 4 members (excludes halogenated alkanes) is 9. The molecule has 0 saturated carbocycles. The molecule has 0 spiro atoms. The number of aromatic nitrogens is 4. The molecule has 220 valence electrons. The number of nitrogen functional groups attached to an aromatic ring is 1. The zero-order valence-corrected chi connectivity index (χ0v) is 26.7. The van der Waals surface area contributed by atoms with Gasteiger partial charge in [-0.1, -0.05) is 83.8 Å². The van der Waals surface area contributed by atoms with Gasteiger partial charge in [-0.05, 0) is 25.3 Å². The highest BCUT2D eigenvalue weighted by Gasteiger charge is 2.27. The van der Waals surface area contributed by atoms with E-state index in [1.165, 1.54) is 70.5 Å². The molecule has 2 heterocycles. The van der Waals surface area contributed by atoms with Gasteiger partial charge in [-0.25, -0.2) is 15.0 Å². The molecule has 0 bridgehead atoms. The van der Waals surface area contributed by atoms with Crippen molar-refractivity contribution >= 4 is 32.4 Å². The molecule has 0 aliphatic rings. The SMILES string of the molecule is C#CCCCCCCCCCCCC(CCCP(=O)(O)COC(C)Cn1cnc2c(N)ncnc21)[Si](C)(C)C. The van der Waals surface area contributed by atoms with E-state index in [-0.39, 0.29) is 12.5 Å². The summed E-state index contributed by atoms with van der Waals surface area (Å²) in [6.45, 7) is 9.65. The third-order valence-electron chi connectivity index (χ3n) is 7.60. The van der Waals surface area contributed by atoms with E-state index in [0.29, 0.717) is 35.2 Å². The van der Waals surface area contributed by atoms with E-state index in [1.807, 2.05) is 11.5 Å². The van der Waals surface area contributed by atoms with Crippen LogP contribution < -0.4 is 5.73 Å². The highest BCUT2D eigenvalue weighted by Crippen LogP contribution is 2.43. The Morgan fingerprint density at radius 2 is 1.64 bits per heavy atom. The Hall–Kier alpha value is -1.72. The highest BCUT2D eigenvalue weighted by molar-refractivity contribution is 7.57. The summed E-state index contributed by atoms with van der Waals surface area (Å²) in [7, 11) is -4.67. The lowest BCUT2D eigenvalue weighted by Crippen LogP contribution is -2.28. The quantitative estimate of drug-likeness (QED) is 0.0685. The molecule has 10 heteroatoms. The standard InChI is InChI=1S/C29H52N5O3PSi/c1-6-7-8-9-10-11-12-13-14-15-16-18-26(39(3,4)5)19-17-20-38(35,36)24-37-25(2)21-34-23-33-27-28(30)31-22-32-29(27)34/h1,22-23,25-26H,7-21,24H2,2-5H3,(H,35,36)(H2,30,31,32). The normalized spacial score (nSPS) is 15.2. The van der Waals surface area contributed by atoms with Gasteiger partial charge >= 0.3 is 0 Å². The fourth-order valence-corrected chi connectivity index (χ4v) is 8.55. The van der Waals surface area contributed by atoms with E-state index in [0.717, 1.165) is 19.3 Å². The van der Waals surface area contributed by atoms with Crippen molar-refractivity contribution in [1.29, 1.82) is 0 Å². The second-order valence-electron chi connectivity index (χ2n) is 12.1. The maximum absolute atomic E-state index is 12.8. The monoisotopic (exact) mass is 577 g/mol. The molecule has 3 atom stereocenters. The Labute approximate surface area is 237 Å². The topological polar surface area (TPSA) is 116 Å². The van der Waals surface area contributed by atoms with Gasteiger partial charge < -0.3 is 19.9 Å². The van der Waals surface area contributed by atoms with E-state index in [9.17, 15) is 9.46 Å². The third-order valence-corrected chi connectivity index (χ3v) is 12.2. The average molecular weight is 578 g/mol. The van der Waals surface area contributed by atoms with E-state index >= 15 is 0 Å². The molecule has 39 heavy (non-hydrogen) atoms. The number of ether oxygens (including phenoxy) is 1. The molecule has 0 aromatic carbocycles. The van der Waals surface area contributed by atoms with Crippen LogP contribution in [0.4, 0.5) is 5.82 Å². The summed E-state index contributed by atoms with van der Waals surface area (Å²) in [5.74, 6) is 3.05. The van der Waals surface area contributed by atoms with Crippen molar-refractivity contribution in [2.75, 3.05) is 18.2 Å². The Bertz CT molecular complexity index is 1070. The van der Waals surface area contributed by atoms with Crippen LogP contribution in [0.3, 0.4) is 0 Å². The lowest BCUT2D eigenvalue weighted by molar-refractivity contribution is 0.0825. The molecule has 0 aliphatic heterocycles. The molecule has 2 rings (SSSR count). The van der Waals surface area contributed by atoms with Crippen LogP contribution in [-0.4, -0.2) is 51.1 Å². The number of terminal acetylenes is 1. The first-order chi connectivity index (χ1) is 18.5. The number of hydrogen-bond acceptors (Lipinski definition) is 6. The molecular formula is C29H52N5O3PSi.